The van der Waals surface area contributed by atoms with Crippen LogP contribution in [0.25, 0.3) is 0 Å². The van der Waals surface area contributed by atoms with Crippen molar-refractivity contribution >= 4 is 11.5 Å². The summed E-state index contributed by atoms with van der Waals surface area (Å²) in [5, 5.41) is 7.65. The molecule has 0 aliphatic rings. The fourth-order valence-corrected chi connectivity index (χ4v) is 1.58. The number of nitrogens with one attached hydrogen (secondary N) is 1. The molecule has 0 radical (unpaired) electrons. The number of nitrogens with zero attached hydrogens (tertiary/aromatic N) is 3. The normalized spacial score (nSPS) is 10.4. The second-order valence-electron chi connectivity index (χ2n) is 3.86. The summed E-state index contributed by atoms with van der Waals surface area (Å²) in [5.74, 6) is 0.855. The van der Waals surface area contributed by atoms with Gasteiger partial charge in [-0.05, 0) is 25.0 Å². The van der Waals surface area contributed by atoms with Crippen LogP contribution in [-0.2, 0) is 13.5 Å². The van der Waals surface area contributed by atoms with Crippen LogP contribution in [0.1, 0.15) is 18.2 Å². The van der Waals surface area contributed by atoms with E-state index < -0.39 is 0 Å². The number of hydrogen-bond donors (Lipinski definition) is 1. The molecule has 0 spiro atoms. The molecule has 2 aromatic heterocycles. The minimum atomic E-state index is 0.855. The molecule has 2 aromatic rings. The van der Waals surface area contributed by atoms with Crippen LogP contribution in [0.2, 0.25) is 0 Å². The highest BCUT2D eigenvalue weighted by molar-refractivity contribution is 5.57. The summed E-state index contributed by atoms with van der Waals surface area (Å²) >= 11 is 0. The van der Waals surface area contributed by atoms with E-state index in [2.05, 4.69) is 22.3 Å². The Bertz CT molecular complexity index is 470. The molecule has 2 heterocycles. The number of hydrogen-bond acceptors (Lipinski definition) is 3. The zero-order chi connectivity index (χ0) is 11.5. The quantitative estimate of drug-likeness (QED) is 0.856. The van der Waals surface area contributed by atoms with Gasteiger partial charge in [-0.15, -0.1) is 0 Å². The zero-order valence-corrected chi connectivity index (χ0v) is 9.86. The van der Waals surface area contributed by atoms with E-state index in [4.69, 9.17) is 0 Å². The molecule has 4 nitrogen and oxygen atoms in total. The molecule has 0 unspecified atom stereocenters. The molecule has 0 saturated carbocycles. The van der Waals surface area contributed by atoms with Crippen LogP contribution in [-0.4, -0.2) is 14.8 Å². The maximum absolute atomic E-state index is 4.37. The maximum Gasteiger partial charge on any atom is 0.130 e. The average molecular weight is 216 g/mol. The molecule has 0 fully saturated rings. The van der Waals surface area contributed by atoms with Crippen molar-refractivity contribution in [2.75, 3.05) is 5.32 Å². The number of rotatable bonds is 3. The van der Waals surface area contributed by atoms with Crippen LogP contribution in [0.5, 0.6) is 0 Å². The Kier molecular flexibility index (Phi) is 2.90. The topological polar surface area (TPSA) is 42.7 Å². The molecule has 16 heavy (non-hydrogen) atoms. The maximum atomic E-state index is 4.37. The molecule has 84 valence electrons. The molecule has 0 aromatic carbocycles. The number of anilines is 2. The third kappa shape index (κ3) is 2.21. The van der Waals surface area contributed by atoms with Gasteiger partial charge in [-0.2, -0.15) is 5.10 Å². The van der Waals surface area contributed by atoms with Crippen LogP contribution in [0.4, 0.5) is 11.5 Å². The highest BCUT2D eigenvalue weighted by atomic mass is 15.3. The molecular weight excluding hydrogens is 200 g/mol. The van der Waals surface area contributed by atoms with Crippen molar-refractivity contribution in [1.82, 2.24) is 14.8 Å². The minimum Gasteiger partial charge on any atom is -0.337 e. The Morgan fingerprint density at radius 2 is 2.19 bits per heavy atom. The lowest BCUT2D eigenvalue weighted by atomic mass is 10.3. The Hall–Kier alpha value is -1.84. The van der Waals surface area contributed by atoms with Gasteiger partial charge >= 0.3 is 0 Å². The summed E-state index contributed by atoms with van der Waals surface area (Å²) in [6, 6.07) is 4.01. The second kappa shape index (κ2) is 4.35. The molecule has 0 amide bonds. The van der Waals surface area contributed by atoms with Crippen molar-refractivity contribution < 1.29 is 0 Å². The van der Waals surface area contributed by atoms with Crippen molar-refractivity contribution in [2.24, 2.45) is 7.05 Å². The summed E-state index contributed by atoms with van der Waals surface area (Å²) in [6.45, 7) is 4.12. The van der Waals surface area contributed by atoms with E-state index in [9.17, 15) is 0 Å². The molecule has 0 bridgehead atoms. The molecule has 4 heteroatoms. The smallest absolute Gasteiger partial charge is 0.130 e. The van der Waals surface area contributed by atoms with E-state index in [1.807, 2.05) is 43.2 Å². The van der Waals surface area contributed by atoms with Crippen LogP contribution >= 0.6 is 0 Å². The van der Waals surface area contributed by atoms with E-state index in [1.54, 1.807) is 0 Å². The van der Waals surface area contributed by atoms with Gasteiger partial charge in [0.15, 0.2) is 0 Å². The number of aryl methyl sites for hydroxylation is 3. The molecule has 0 saturated heterocycles. The molecular formula is C12H16N4. The summed E-state index contributed by atoms with van der Waals surface area (Å²) in [7, 11) is 1.92. The molecule has 0 atom stereocenters. The number of pyridine rings is 1. The van der Waals surface area contributed by atoms with Crippen LogP contribution in [0.3, 0.4) is 0 Å². The molecule has 0 aliphatic heterocycles. The van der Waals surface area contributed by atoms with Gasteiger partial charge in [-0.1, -0.05) is 13.0 Å². The van der Waals surface area contributed by atoms with Gasteiger partial charge in [0.2, 0.25) is 0 Å². The summed E-state index contributed by atoms with van der Waals surface area (Å²) in [4.78, 5) is 4.31. The van der Waals surface area contributed by atoms with Crippen molar-refractivity contribution in [3.63, 3.8) is 0 Å². The molecule has 0 aliphatic carbocycles. The monoisotopic (exact) mass is 216 g/mol. The summed E-state index contributed by atoms with van der Waals surface area (Å²) in [5.41, 5.74) is 3.25. The standard InChI is InChI=1S/C12H16N4/c1-4-10-11(8-16(3)15-10)14-12-6-5-9(2)7-13-12/h5-8H,4H2,1-3H3,(H,13,14). The predicted octanol–water partition coefficient (Wildman–Crippen LogP) is 2.43. The van der Waals surface area contributed by atoms with Gasteiger partial charge in [0.1, 0.15) is 5.82 Å². The van der Waals surface area contributed by atoms with Gasteiger partial charge in [0, 0.05) is 19.4 Å². The van der Waals surface area contributed by atoms with Gasteiger partial charge in [-0.3, -0.25) is 4.68 Å². The van der Waals surface area contributed by atoms with Gasteiger partial charge < -0.3 is 5.32 Å². The van der Waals surface area contributed by atoms with Crippen molar-refractivity contribution in [3.05, 3.63) is 35.8 Å². The van der Waals surface area contributed by atoms with Gasteiger partial charge in [0.05, 0.1) is 11.4 Å². The summed E-state index contributed by atoms with van der Waals surface area (Å²) < 4.78 is 1.81. The fraction of sp³-hybridized carbons (Fsp3) is 0.333. The Morgan fingerprint density at radius 1 is 1.38 bits per heavy atom. The van der Waals surface area contributed by atoms with Crippen LogP contribution in [0.15, 0.2) is 24.5 Å². The van der Waals surface area contributed by atoms with E-state index in [1.165, 1.54) is 0 Å². The largest absolute Gasteiger partial charge is 0.337 e. The third-order valence-corrected chi connectivity index (χ3v) is 2.41. The first-order chi connectivity index (χ1) is 7.69. The van der Waals surface area contributed by atoms with Crippen molar-refractivity contribution in [3.8, 4) is 0 Å². The predicted molar refractivity (Wildman–Crippen MR) is 64.8 cm³/mol. The van der Waals surface area contributed by atoms with E-state index in [0.717, 1.165) is 29.2 Å². The van der Waals surface area contributed by atoms with Crippen molar-refractivity contribution in [2.45, 2.75) is 20.3 Å². The molecule has 1 N–H and O–H groups in total. The lowest BCUT2D eigenvalue weighted by molar-refractivity contribution is 0.746. The van der Waals surface area contributed by atoms with Gasteiger partial charge in [-0.25, -0.2) is 4.98 Å². The minimum absolute atomic E-state index is 0.855. The first-order valence-corrected chi connectivity index (χ1v) is 5.41. The molecule has 2 rings (SSSR count). The Labute approximate surface area is 95.3 Å². The zero-order valence-electron chi connectivity index (χ0n) is 9.86. The summed E-state index contributed by atoms with van der Waals surface area (Å²) in [6.07, 6.45) is 4.74. The third-order valence-electron chi connectivity index (χ3n) is 2.41. The Balaban J connectivity index is 2.22. The van der Waals surface area contributed by atoms with Crippen molar-refractivity contribution in [1.29, 1.82) is 0 Å². The highest BCUT2D eigenvalue weighted by Crippen LogP contribution is 2.18. The fourth-order valence-electron chi connectivity index (χ4n) is 1.58. The second-order valence-corrected chi connectivity index (χ2v) is 3.86. The lowest BCUT2D eigenvalue weighted by Crippen LogP contribution is -1.95. The first kappa shape index (κ1) is 10.7. The van der Waals surface area contributed by atoms with E-state index >= 15 is 0 Å². The first-order valence-electron chi connectivity index (χ1n) is 5.41. The van der Waals surface area contributed by atoms with Crippen LogP contribution in [0, 0.1) is 6.92 Å². The highest BCUT2D eigenvalue weighted by Gasteiger charge is 2.05. The van der Waals surface area contributed by atoms with E-state index in [0.29, 0.717) is 0 Å². The average Bonchev–Trinajstić information content (AvgIpc) is 2.62. The van der Waals surface area contributed by atoms with Crippen LogP contribution < -0.4 is 5.32 Å². The lowest BCUT2D eigenvalue weighted by Gasteiger charge is -2.04. The van der Waals surface area contributed by atoms with Gasteiger partial charge in [0.25, 0.3) is 0 Å². The SMILES string of the molecule is CCc1nn(C)cc1Nc1ccc(C)cn1. The number of aromatic nitrogens is 3. The Morgan fingerprint density at radius 3 is 2.81 bits per heavy atom. The van der Waals surface area contributed by atoms with E-state index in [-0.39, 0.29) is 0 Å².